The summed E-state index contributed by atoms with van der Waals surface area (Å²) >= 11 is 0.925. The molecular formula is C22H25N5O5S2. The van der Waals surface area contributed by atoms with Crippen LogP contribution in [0.25, 0.3) is 11.0 Å². The molecule has 2 N–H and O–H groups in total. The molecule has 180 valence electrons. The number of carbonyl (C=O) groups excluding carboxylic acids is 2. The van der Waals surface area contributed by atoms with Crippen LogP contribution in [0.3, 0.4) is 0 Å². The second-order valence-corrected chi connectivity index (χ2v) is 10.0. The number of nitrogens with zero attached hydrogens (tertiary/aromatic N) is 3. The number of hydrogen-bond acceptors (Lipinski definition) is 8. The van der Waals surface area contributed by atoms with Gasteiger partial charge in [-0.1, -0.05) is 36.4 Å². The van der Waals surface area contributed by atoms with Crippen molar-refractivity contribution in [2.45, 2.75) is 36.7 Å². The van der Waals surface area contributed by atoms with Gasteiger partial charge in [-0.3, -0.25) is 4.79 Å². The van der Waals surface area contributed by atoms with E-state index in [1.54, 1.807) is 54.3 Å². The number of carbonyl (C=O) groups is 2. The number of likely N-dealkylation sites (tertiary alicyclic amines) is 1. The summed E-state index contributed by atoms with van der Waals surface area (Å²) in [6.07, 6.45) is 0.721. The lowest BCUT2D eigenvalue weighted by molar-refractivity contribution is -0.123. The van der Waals surface area contributed by atoms with Crippen LogP contribution in [-0.2, 0) is 19.6 Å². The van der Waals surface area contributed by atoms with E-state index in [0.29, 0.717) is 43.6 Å². The molecule has 1 aliphatic heterocycles. The highest BCUT2D eigenvalue weighted by molar-refractivity contribution is 7.89. The van der Waals surface area contributed by atoms with Crippen LogP contribution in [0.2, 0.25) is 0 Å². The van der Waals surface area contributed by atoms with E-state index in [9.17, 15) is 18.0 Å². The van der Waals surface area contributed by atoms with Crippen molar-refractivity contribution in [3.05, 3.63) is 54.1 Å². The topological polar surface area (TPSA) is 131 Å². The third-order valence-electron chi connectivity index (χ3n) is 5.57. The number of amides is 2. The minimum Gasteiger partial charge on any atom is -0.450 e. The van der Waals surface area contributed by atoms with Gasteiger partial charge in [0.05, 0.1) is 18.3 Å². The SMILES string of the molecule is CCOC(=O)N1CCC(NC(=O)[C@H](NS(=O)(=O)c2cccc3nsnc23)c2ccccc2)CC1. The maximum atomic E-state index is 13.3. The highest BCUT2D eigenvalue weighted by atomic mass is 32.2. The van der Waals surface area contributed by atoms with Crippen molar-refractivity contribution in [2.75, 3.05) is 19.7 Å². The Morgan fingerprint density at radius 2 is 1.85 bits per heavy atom. The van der Waals surface area contributed by atoms with E-state index in [1.807, 2.05) is 0 Å². The molecule has 1 fully saturated rings. The lowest BCUT2D eigenvalue weighted by atomic mass is 10.0. The van der Waals surface area contributed by atoms with Gasteiger partial charge in [-0.25, -0.2) is 13.2 Å². The van der Waals surface area contributed by atoms with Gasteiger partial charge in [-0.15, -0.1) is 0 Å². The second kappa shape index (κ2) is 10.5. The van der Waals surface area contributed by atoms with Crippen LogP contribution in [0.15, 0.2) is 53.4 Å². The lowest BCUT2D eigenvalue weighted by Gasteiger charge is -2.32. The Balaban J connectivity index is 1.52. The van der Waals surface area contributed by atoms with Crippen molar-refractivity contribution < 1.29 is 22.7 Å². The summed E-state index contributed by atoms with van der Waals surface area (Å²) < 4.78 is 42.4. The fourth-order valence-corrected chi connectivity index (χ4v) is 5.79. The first-order valence-corrected chi connectivity index (χ1v) is 13.1. The zero-order valence-corrected chi connectivity index (χ0v) is 20.1. The molecule has 0 bridgehead atoms. The van der Waals surface area contributed by atoms with E-state index in [4.69, 9.17) is 4.74 Å². The van der Waals surface area contributed by atoms with E-state index in [-0.39, 0.29) is 22.5 Å². The highest BCUT2D eigenvalue weighted by Crippen LogP contribution is 2.24. The number of fused-ring (bicyclic) bond motifs is 1. The van der Waals surface area contributed by atoms with Gasteiger partial charge >= 0.3 is 6.09 Å². The average molecular weight is 504 g/mol. The number of benzene rings is 2. The fourth-order valence-electron chi connectivity index (χ4n) is 3.84. The number of ether oxygens (including phenoxy) is 1. The summed E-state index contributed by atoms with van der Waals surface area (Å²) in [6.45, 7) is 2.95. The van der Waals surface area contributed by atoms with Crippen molar-refractivity contribution in [3.63, 3.8) is 0 Å². The number of sulfonamides is 1. The third-order valence-corrected chi connectivity index (χ3v) is 7.57. The standard InChI is InChI=1S/C22H25N5O5S2/c1-2-32-22(29)27-13-11-16(12-14-27)23-21(28)19(15-7-4-3-5-8-15)26-34(30,31)18-10-6-9-17-20(18)25-33-24-17/h3-10,16,19,26H,2,11-14H2,1H3,(H,23,28)/t19-/m1/s1. The second-order valence-electron chi connectivity index (χ2n) is 7.82. The number of nitrogens with one attached hydrogen (secondary N) is 2. The van der Waals surface area contributed by atoms with Crippen molar-refractivity contribution in [3.8, 4) is 0 Å². The van der Waals surface area contributed by atoms with Gasteiger partial charge in [-0.05, 0) is 37.5 Å². The molecule has 1 atom stereocenters. The molecule has 1 aromatic heterocycles. The zero-order valence-electron chi connectivity index (χ0n) is 18.5. The quantitative estimate of drug-likeness (QED) is 0.506. The Hall–Kier alpha value is -3.09. The van der Waals surface area contributed by atoms with Crippen molar-refractivity contribution >= 4 is 44.8 Å². The minimum absolute atomic E-state index is 0.0322. The highest BCUT2D eigenvalue weighted by Gasteiger charge is 2.31. The number of rotatable bonds is 7. The van der Waals surface area contributed by atoms with Gasteiger partial charge in [0.2, 0.25) is 15.9 Å². The molecule has 12 heteroatoms. The average Bonchev–Trinajstić information content (AvgIpc) is 3.32. The van der Waals surface area contributed by atoms with E-state index < -0.39 is 22.0 Å². The molecule has 1 saturated heterocycles. The first-order valence-electron chi connectivity index (χ1n) is 10.9. The van der Waals surface area contributed by atoms with Crippen molar-refractivity contribution in [2.24, 2.45) is 0 Å². The molecular weight excluding hydrogens is 478 g/mol. The summed E-state index contributed by atoms with van der Waals surface area (Å²) in [6, 6.07) is 12.0. The first-order chi connectivity index (χ1) is 16.4. The van der Waals surface area contributed by atoms with Crippen LogP contribution < -0.4 is 10.0 Å². The van der Waals surface area contributed by atoms with Gasteiger partial charge in [0.15, 0.2) is 0 Å². The molecule has 3 aromatic rings. The number of piperidine rings is 1. The third kappa shape index (κ3) is 5.34. The molecule has 0 radical (unpaired) electrons. The fraction of sp³-hybridized carbons (Fsp3) is 0.364. The van der Waals surface area contributed by atoms with Crippen LogP contribution >= 0.6 is 11.7 Å². The van der Waals surface area contributed by atoms with Gasteiger partial charge in [0, 0.05) is 19.1 Å². The van der Waals surface area contributed by atoms with Crippen molar-refractivity contribution in [1.29, 1.82) is 0 Å². The van der Waals surface area contributed by atoms with Gasteiger partial charge < -0.3 is 15.0 Å². The molecule has 1 aliphatic rings. The first kappa shape index (κ1) is 24.0. The summed E-state index contributed by atoms with van der Waals surface area (Å²) in [5, 5.41) is 2.94. The van der Waals surface area contributed by atoms with Crippen LogP contribution in [0.4, 0.5) is 4.79 Å². The summed E-state index contributed by atoms with van der Waals surface area (Å²) in [4.78, 5) is 26.8. The minimum atomic E-state index is -4.09. The largest absolute Gasteiger partial charge is 0.450 e. The molecule has 0 unspecified atom stereocenters. The smallest absolute Gasteiger partial charge is 0.409 e. The molecule has 2 aromatic carbocycles. The van der Waals surface area contributed by atoms with E-state index in [0.717, 1.165) is 11.7 Å². The maximum absolute atomic E-state index is 13.3. The molecule has 0 aliphatic carbocycles. The van der Waals surface area contributed by atoms with E-state index in [1.165, 1.54) is 6.07 Å². The van der Waals surface area contributed by atoms with Crippen molar-refractivity contribution in [1.82, 2.24) is 23.7 Å². The molecule has 0 spiro atoms. The Kier molecular flexibility index (Phi) is 7.39. The molecule has 2 heterocycles. The number of aromatic nitrogens is 2. The van der Waals surface area contributed by atoms with E-state index >= 15 is 0 Å². The van der Waals surface area contributed by atoms with Gasteiger partial charge in [0.1, 0.15) is 22.0 Å². The molecule has 4 rings (SSSR count). The summed E-state index contributed by atoms with van der Waals surface area (Å²) in [5.41, 5.74) is 1.25. The predicted octanol–water partition coefficient (Wildman–Crippen LogP) is 2.45. The normalized spacial score (nSPS) is 15.7. The number of hydrogen-bond donors (Lipinski definition) is 2. The Morgan fingerprint density at radius 1 is 1.12 bits per heavy atom. The summed E-state index contributed by atoms with van der Waals surface area (Å²) in [7, 11) is -4.09. The molecule has 2 amide bonds. The maximum Gasteiger partial charge on any atom is 0.409 e. The Labute approximate surface area is 201 Å². The van der Waals surface area contributed by atoms with Gasteiger partial charge in [0.25, 0.3) is 0 Å². The van der Waals surface area contributed by atoms with E-state index in [2.05, 4.69) is 18.8 Å². The van der Waals surface area contributed by atoms with Crippen LogP contribution in [0.1, 0.15) is 31.4 Å². The zero-order chi connectivity index (χ0) is 24.1. The van der Waals surface area contributed by atoms with Crippen LogP contribution in [0.5, 0.6) is 0 Å². The Bertz CT molecular complexity index is 1260. The monoisotopic (exact) mass is 503 g/mol. The molecule has 10 nitrogen and oxygen atoms in total. The van der Waals surface area contributed by atoms with Crippen LogP contribution in [0, 0.1) is 0 Å². The Morgan fingerprint density at radius 3 is 2.56 bits per heavy atom. The lowest BCUT2D eigenvalue weighted by Crippen LogP contribution is -2.49. The predicted molar refractivity (Wildman–Crippen MR) is 127 cm³/mol. The molecule has 34 heavy (non-hydrogen) atoms. The molecule has 0 saturated carbocycles. The van der Waals surface area contributed by atoms with Gasteiger partial charge in [-0.2, -0.15) is 13.5 Å². The summed E-state index contributed by atoms with van der Waals surface area (Å²) in [5.74, 6) is -0.465. The van der Waals surface area contributed by atoms with Crippen LogP contribution in [-0.4, -0.2) is 59.8 Å².